The summed E-state index contributed by atoms with van der Waals surface area (Å²) in [6.07, 6.45) is 1.76. The monoisotopic (exact) mass is 384 g/mol. The van der Waals surface area contributed by atoms with Crippen molar-refractivity contribution in [3.63, 3.8) is 0 Å². The van der Waals surface area contributed by atoms with Crippen molar-refractivity contribution in [3.05, 3.63) is 0 Å². The Morgan fingerprint density at radius 2 is 2.00 bits per heavy atom. The molecule has 1 saturated heterocycles. The van der Waals surface area contributed by atoms with Gasteiger partial charge in [0.15, 0.2) is 5.96 Å². The summed E-state index contributed by atoms with van der Waals surface area (Å²) in [4.78, 5) is 21.2. The minimum atomic E-state index is -0.480. The number of hydrogen-bond donors (Lipinski definition) is 1. The molecule has 1 fully saturated rings. The van der Waals surface area contributed by atoms with Crippen LogP contribution in [0.5, 0.6) is 0 Å². The third-order valence-electron chi connectivity index (χ3n) is 4.25. The van der Waals surface area contributed by atoms with E-state index in [9.17, 15) is 4.79 Å². The van der Waals surface area contributed by atoms with Crippen LogP contribution in [-0.4, -0.2) is 79.9 Å². The fourth-order valence-electron chi connectivity index (χ4n) is 3.04. The number of guanidine groups is 1. The summed E-state index contributed by atoms with van der Waals surface area (Å²) in [5, 5.41) is 3.37. The van der Waals surface area contributed by atoms with E-state index in [1.54, 1.807) is 4.90 Å². The van der Waals surface area contributed by atoms with Gasteiger partial charge in [-0.1, -0.05) is 6.92 Å². The zero-order chi connectivity index (χ0) is 20.3. The SMILES string of the molecule is CCCN(CCN=C(NCC)N1CCC(COCC)C1)C(=O)OC(C)(C)C. The number of likely N-dealkylation sites (tertiary alicyclic amines) is 1. The van der Waals surface area contributed by atoms with Crippen molar-refractivity contribution in [1.82, 2.24) is 15.1 Å². The standard InChI is InChI=1S/C20H40N4O3/c1-7-12-23(19(25)27-20(4,5)6)14-11-22-18(21-8-2)24-13-10-17(15-24)16-26-9-3/h17H,7-16H2,1-6H3,(H,21,22). The van der Waals surface area contributed by atoms with Gasteiger partial charge in [-0.2, -0.15) is 0 Å². The predicted octanol–water partition coefficient (Wildman–Crippen LogP) is 2.96. The van der Waals surface area contributed by atoms with Crippen molar-refractivity contribution in [2.45, 2.75) is 60.0 Å². The van der Waals surface area contributed by atoms with Gasteiger partial charge in [0, 0.05) is 45.2 Å². The average Bonchev–Trinajstić information content (AvgIpc) is 3.05. The largest absolute Gasteiger partial charge is 0.444 e. The zero-order valence-corrected chi connectivity index (χ0v) is 18.2. The van der Waals surface area contributed by atoms with Crippen molar-refractivity contribution in [3.8, 4) is 0 Å². The topological polar surface area (TPSA) is 66.4 Å². The van der Waals surface area contributed by atoms with Crippen molar-refractivity contribution < 1.29 is 14.3 Å². The quantitative estimate of drug-likeness (QED) is 0.489. The Labute approximate surface area is 165 Å². The lowest BCUT2D eigenvalue weighted by atomic mass is 10.1. The summed E-state index contributed by atoms with van der Waals surface area (Å²) in [5.41, 5.74) is -0.480. The molecule has 0 aromatic heterocycles. The Kier molecular flexibility index (Phi) is 10.5. The second-order valence-corrected chi connectivity index (χ2v) is 7.96. The van der Waals surface area contributed by atoms with Crippen molar-refractivity contribution in [1.29, 1.82) is 0 Å². The number of nitrogens with one attached hydrogen (secondary N) is 1. The van der Waals surface area contributed by atoms with Crippen molar-refractivity contribution >= 4 is 12.1 Å². The molecule has 1 unspecified atom stereocenters. The number of nitrogens with zero attached hydrogens (tertiary/aromatic N) is 3. The van der Waals surface area contributed by atoms with E-state index >= 15 is 0 Å². The maximum atomic E-state index is 12.4. The van der Waals surface area contributed by atoms with Gasteiger partial charge in [-0.15, -0.1) is 0 Å². The van der Waals surface area contributed by atoms with E-state index in [0.717, 1.165) is 51.6 Å². The van der Waals surface area contributed by atoms with Crippen LogP contribution in [0.4, 0.5) is 4.79 Å². The van der Waals surface area contributed by atoms with E-state index in [1.807, 2.05) is 27.7 Å². The molecule has 0 aromatic carbocycles. The van der Waals surface area contributed by atoms with E-state index in [2.05, 4.69) is 24.1 Å². The highest BCUT2D eigenvalue weighted by molar-refractivity contribution is 5.80. The van der Waals surface area contributed by atoms with Crippen LogP contribution in [0.3, 0.4) is 0 Å². The first kappa shape index (κ1) is 23.5. The maximum absolute atomic E-state index is 12.4. The van der Waals surface area contributed by atoms with Gasteiger partial charge < -0.3 is 24.6 Å². The third-order valence-corrected chi connectivity index (χ3v) is 4.25. The van der Waals surface area contributed by atoms with Crippen LogP contribution in [0.25, 0.3) is 0 Å². The van der Waals surface area contributed by atoms with E-state index in [-0.39, 0.29) is 6.09 Å². The molecule has 1 aliphatic rings. The molecule has 1 heterocycles. The van der Waals surface area contributed by atoms with Gasteiger partial charge in [0.2, 0.25) is 0 Å². The third kappa shape index (κ3) is 9.31. The smallest absolute Gasteiger partial charge is 0.410 e. The Morgan fingerprint density at radius 3 is 2.59 bits per heavy atom. The molecule has 158 valence electrons. The molecule has 1 atom stereocenters. The van der Waals surface area contributed by atoms with E-state index in [4.69, 9.17) is 14.5 Å². The van der Waals surface area contributed by atoms with E-state index in [0.29, 0.717) is 25.6 Å². The van der Waals surface area contributed by atoms with Crippen molar-refractivity contribution in [2.75, 3.05) is 52.5 Å². The molecular formula is C20H40N4O3. The summed E-state index contributed by atoms with van der Waals surface area (Å²) in [5.74, 6) is 1.49. The summed E-state index contributed by atoms with van der Waals surface area (Å²) in [6.45, 7) is 18.0. The molecule has 1 N–H and O–H groups in total. The van der Waals surface area contributed by atoms with Crippen LogP contribution in [0, 0.1) is 5.92 Å². The summed E-state index contributed by atoms with van der Waals surface area (Å²) in [7, 11) is 0. The first-order valence-electron chi connectivity index (χ1n) is 10.4. The molecular weight excluding hydrogens is 344 g/mol. The Hall–Kier alpha value is -1.50. The molecule has 0 spiro atoms. The summed E-state index contributed by atoms with van der Waals surface area (Å²) in [6, 6.07) is 0. The van der Waals surface area contributed by atoms with Gasteiger partial charge >= 0.3 is 6.09 Å². The lowest BCUT2D eigenvalue weighted by molar-refractivity contribution is 0.0255. The fourth-order valence-corrected chi connectivity index (χ4v) is 3.04. The highest BCUT2D eigenvalue weighted by Gasteiger charge is 2.25. The van der Waals surface area contributed by atoms with Crippen molar-refractivity contribution in [2.24, 2.45) is 10.9 Å². The Morgan fingerprint density at radius 1 is 1.26 bits per heavy atom. The number of carbonyl (C=O) groups is 1. The highest BCUT2D eigenvalue weighted by atomic mass is 16.6. The Bertz CT molecular complexity index is 463. The molecule has 1 amide bonds. The minimum absolute atomic E-state index is 0.262. The second-order valence-electron chi connectivity index (χ2n) is 7.96. The summed E-state index contributed by atoms with van der Waals surface area (Å²) < 4.78 is 11.1. The molecule has 0 aliphatic carbocycles. The first-order chi connectivity index (χ1) is 12.8. The lowest BCUT2D eigenvalue weighted by Gasteiger charge is -2.27. The number of rotatable bonds is 9. The number of aliphatic imine (C=N–C) groups is 1. The highest BCUT2D eigenvalue weighted by Crippen LogP contribution is 2.16. The van der Waals surface area contributed by atoms with Gasteiger partial charge in [0.1, 0.15) is 5.60 Å². The fraction of sp³-hybridized carbons (Fsp3) is 0.900. The first-order valence-corrected chi connectivity index (χ1v) is 10.4. The van der Waals surface area contributed by atoms with Gasteiger partial charge in [-0.3, -0.25) is 4.99 Å². The van der Waals surface area contributed by atoms with Gasteiger partial charge in [-0.05, 0) is 47.5 Å². The molecule has 0 aromatic rings. The molecule has 7 nitrogen and oxygen atoms in total. The van der Waals surface area contributed by atoms with E-state index in [1.165, 1.54) is 0 Å². The molecule has 0 saturated carbocycles. The van der Waals surface area contributed by atoms with Gasteiger partial charge in [-0.25, -0.2) is 4.79 Å². The van der Waals surface area contributed by atoms with Crippen LogP contribution in [0.1, 0.15) is 54.4 Å². The van der Waals surface area contributed by atoms with E-state index < -0.39 is 5.60 Å². The predicted molar refractivity (Wildman–Crippen MR) is 110 cm³/mol. The normalized spacial score (nSPS) is 17.9. The number of hydrogen-bond acceptors (Lipinski definition) is 4. The number of ether oxygens (including phenoxy) is 2. The van der Waals surface area contributed by atoms with Crippen LogP contribution >= 0.6 is 0 Å². The molecule has 7 heteroatoms. The summed E-state index contributed by atoms with van der Waals surface area (Å²) >= 11 is 0. The van der Waals surface area contributed by atoms with Crippen LogP contribution in [0.15, 0.2) is 4.99 Å². The molecule has 0 bridgehead atoms. The minimum Gasteiger partial charge on any atom is -0.444 e. The molecule has 1 rings (SSSR count). The zero-order valence-electron chi connectivity index (χ0n) is 18.2. The molecule has 0 radical (unpaired) electrons. The van der Waals surface area contributed by atoms with Crippen LogP contribution in [-0.2, 0) is 9.47 Å². The van der Waals surface area contributed by atoms with Gasteiger partial charge in [0.05, 0.1) is 13.2 Å². The van der Waals surface area contributed by atoms with Gasteiger partial charge in [0.25, 0.3) is 0 Å². The second kappa shape index (κ2) is 12.1. The molecule has 27 heavy (non-hydrogen) atoms. The average molecular weight is 385 g/mol. The maximum Gasteiger partial charge on any atom is 0.410 e. The van der Waals surface area contributed by atoms with Crippen LogP contribution in [0.2, 0.25) is 0 Å². The number of amides is 1. The van der Waals surface area contributed by atoms with Crippen LogP contribution < -0.4 is 5.32 Å². The Balaban J connectivity index is 2.61. The number of carbonyl (C=O) groups excluding carboxylic acids is 1. The lowest BCUT2D eigenvalue weighted by Crippen LogP contribution is -2.42. The molecule has 1 aliphatic heterocycles.